The zero-order chi connectivity index (χ0) is 25.8. The first-order valence-corrected chi connectivity index (χ1v) is 11.6. The fourth-order valence-corrected chi connectivity index (χ4v) is 4.46. The molecule has 0 radical (unpaired) electrons. The van der Waals surface area contributed by atoms with Crippen LogP contribution >= 0.6 is 7.75 Å². The highest BCUT2D eigenvalue weighted by atomic mass is 31.2. The van der Waals surface area contributed by atoms with E-state index >= 15 is 0 Å². The molecule has 4 atom stereocenters. The minimum absolute atomic E-state index is 0.423. The SMILES string of the molecule is COC(=O)[C@H](C)NP(=O)(OC[C@@H]1C=C[C@H](n2ccc(=O)[nH]c2=O)O1)Oc1cccc(C(F)(F)F)c1. The first kappa shape index (κ1) is 26.4. The van der Waals surface area contributed by atoms with Crippen LogP contribution in [0.2, 0.25) is 0 Å². The molecule has 35 heavy (non-hydrogen) atoms. The van der Waals surface area contributed by atoms with Crippen molar-refractivity contribution in [2.45, 2.75) is 31.5 Å². The maximum atomic E-state index is 13.4. The number of esters is 1. The third-order valence-corrected chi connectivity index (χ3v) is 6.28. The molecule has 1 aromatic carbocycles. The van der Waals surface area contributed by atoms with Crippen LogP contribution in [0.15, 0.2) is 58.3 Å². The van der Waals surface area contributed by atoms with Gasteiger partial charge < -0.3 is 14.0 Å². The Balaban J connectivity index is 1.74. The summed E-state index contributed by atoms with van der Waals surface area (Å²) in [5, 5.41) is 2.31. The minimum atomic E-state index is -4.67. The average molecular weight is 519 g/mol. The van der Waals surface area contributed by atoms with Gasteiger partial charge in [0.15, 0.2) is 6.23 Å². The van der Waals surface area contributed by atoms with Gasteiger partial charge >= 0.3 is 25.6 Å². The van der Waals surface area contributed by atoms with Crippen LogP contribution in [0.5, 0.6) is 5.75 Å². The molecule has 2 heterocycles. The first-order chi connectivity index (χ1) is 16.4. The molecule has 0 saturated carbocycles. The monoisotopic (exact) mass is 519 g/mol. The van der Waals surface area contributed by atoms with Crippen LogP contribution in [0.4, 0.5) is 13.2 Å². The number of hydrogen-bond acceptors (Lipinski definition) is 8. The number of ether oxygens (including phenoxy) is 2. The number of methoxy groups -OCH3 is 1. The fourth-order valence-electron chi connectivity index (χ4n) is 2.97. The Bertz CT molecular complexity index is 1260. The molecule has 1 aliphatic heterocycles. The standard InChI is InChI=1S/C20H21F3N3O8P/c1-12(18(28)31-2)25-35(30,34-14-5-3-4-13(10-14)20(21,22)23)32-11-15-6-7-17(33-15)26-9-8-16(27)24-19(26)29/h3-10,12,15,17H,11H2,1-2H3,(H,25,30)(H,24,27,29)/t12-,15-,17+,35?/m0/s1. The Morgan fingerprint density at radius 3 is 2.69 bits per heavy atom. The van der Waals surface area contributed by atoms with Gasteiger partial charge in [0, 0.05) is 12.3 Å². The van der Waals surface area contributed by atoms with Crippen molar-refractivity contribution in [1.29, 1.82) is 0 Å². The molecule has 0 spiro atoms. The van der Waals surface area contributed by atoms with E-state index in [4.69, 9.17) is 13.8 Å². The smallest absolute Gasteiger partial charge is 0.459 e. The Hall–Kier alpha value is -3.19. The van der Waals surface area contributed by atoms with E-state index in [0.717, 1.165) is 35.9 Å². The van der Waals surface area contributed by atoms with E-state index in [1.54, 1.807) is 0 Å². The molecule has 0 fully saturated rings. The van der Waals surface area contributed by atoms with Crippen molar-refractivity contribution >= 4 is 13.7 Å². The zero-order valence-corrected chi connectivity index (χ0v) is 19.2. The van der Waals surface area contributed by atoms with Crippen LogP contribution in [0.1, 0.15) is 18.7 Å². The maximum absolute atomic E-state index is 13.4. The second-order valence-corrected chi connectivity index (χ2v) is 8.95. The summed E-state index contributed by atoms with van der Waals surface area (Å²) in [6.07, 6.45) is -2.24. The lowest BCUT2D eigenvalue weighted by atomic mass is 10.2. The number of alkyl halides is 3. The summed E-state index contributed by atoms with van der Waals surface area (Å²) in [4.78, 5) is 37.0. The van der Waals surface area contributed by atoms with E-state index in [1.165, 1.54) is 25.3 Å². The average Bonchev–Trinajstić information content (AvgIpc) is 3.25. The predicted octanol–water partition coefficient (Wildman–Crippen LogP) is 2.36. The van der Waals surface area contributed by atoms with Crippen molar-refractivity contribution in [1.82, 2.24) is 14.6 Å². The number of aromatic amines is 1. The lowest BCUT2D eigenvalue weighted by molar-refractivity contribution is -0.142. The minimum Gasteiger partial charge on any atom is -0.468 e. The number of benzene rings is 1. The van der Waals surface area contributed by atoms with Crippen LogP contribution in [0, 0.1) is 0 Å². The highest BCUT2D eigenvalue weighted by molar-refractivity contribution is 7.52. The van der Waals surface area contributed by atoms with Gasteiger partial charge in [-0.3, -0.25) is 23.7 Å². The van der Waals surface area contributed by atoms with E-state index in [2.05, 4.69) is 14.8 Å². The summed E-state index contributed by atoms with van der Waals surface area (Å²) in [5.74, 6) is -1.25. The number of aromatic nitrogens is 2. The molecular weight excluding hydrogens is 498 g/mol. The molecule has 1 aromatic heterocycles. The van der Waals surface area contributed by atoms with Crippen molar-refractivity contribution < 1.29 is 41.1 Å². The van der Waals surface area contributed by atoms with Gasteiger partial charge in [0.2, 0.25) is 0 Å². The van der Waals surface area contributed by atoms with E-state index in [1.807, 2.05) is 0 Å². The molecule has 0 saturated heterocycles. The number of rotatable bonds is 9. The summed E-state index contributed by atoms with van der Waals surface area (Å²) in [6, 6.07) is 3.55. The normalized spacial score (nSPS) is 20.3. The number of nitrogens with zero attached hydrogens (tertiary/aromatic N) is 1. The Labute approximate surface area is 196 Å². The van der Waals surface area contributed by atoms with E-state index in [-0.39, 0.29) is 0 Å². The molecule has 0 aliphatic carbocycles. The highest BCUT2D eigenvalue weighted by Crippen LogP contribution is 2.46. The second kappa shape index (κ2) is 10.6. The zero-order valence-electron chi connectivity index (χ0n) is 18.4. The van der Waals surface area contributed by atoms with Crippen LogP contribution in [-0.4, -0.2) is 41.4 Å². The van der Waals surface area contributed by atoms with Crippen LogP contribution in [0.3, 0.4) is 0 Å². The number of H-pyrrole nitrogens is 1. The molecule has 0 amide bonds. The van der Waals surface area contributed by atoms with Gasteiger partial charge in [0.25, 0.3) is 5.56 Å². The summed E-state index contributed by atoms with van der Waals surface area (Å²) >= 11 is 0. The van der Waals surface area contributed by atoms with Gasteiger partial charge in [0.1, 0.15) is 17.9 Å². The van der Waals surface area contributed by atoms with Crippen molar-refractivity contribution in [2.24, 2.45) is 0 Å². The maximum Gasteiger partial charge on any atom is 0.459 e. The lowest BCUT2D eigenvalue weighted by Gasteiger charge is -2.24. The second-order valence-electron chi connectivity index (χ2n) is 7.25. The van der Waals surface area contributed by atoms with Gasteiger partial charge in [-0.1, -0.05) is 12.1 Å². The third kappa shape index (κ3) is 6.92. The lowest BCUT2D eigenvalue weighted by Crippen LogP contribution is -2.35. The van der Waals surface area contributed by atoms with E-state index in [0.29, 0.717) is 6.07 Å². The summed E-state index contributed by atoms with van der Waals surface area (Å²) in [5.41, 5.74) is -2.36. The number of carbonyl (C=O) groups is 1. The van der Waals surface area contributed by atoms with Gasteiger partial charge in [-0.15, -0.1) is 0 Å². The van der Waals surface area contributed by atoms with Crippen LogP contribution in [-0.2, 0) is 29.5 Å². The number of carbonyl (C=O) groups excluding carboxylic acids is 1. The number of nitrogens with one attached hydrogen (secondary N) is 2. The molecule has 15 heteroatoms. The molecule has 1 aliphatic rings. The van der Waals surface area contributed by atoms with Crippen LogP contribution < -0.4 is 20.9 Å². The summed E-state index contributed by atoms with van der Waals surface area (Å²) in [6.45, 7) is 0.865. The van der Waals surface area contributed by atoms with Crippen molar-refractivity contribution in [2.75, 3.05) is 13.7 Å². The molecule has 2 aromatic rings. The Morgan fingerprint density at radius 1 is 1.29 bits per heavy atom. The fraction of sp³-hybridized carbons (Fsp3) is 0.350. The van der Waals surface area contributed by atoms with E-state index in [9.17, 15) is 32.1 Å². The molecule has 11 nitrogen and oxygen atoms in total. The van der Waals surface area contributed by atoms with Gasteiger partial charge in [0.05, 0.1) is 19.3 Å². The van der Waals surface area contributed by atoms with Crippen molar-refractivity contribution in [3.8, 4) is 5.75 Å². The van der Waals surface area contributed by atoms with Gasteiger partial charge in [-0.2, -0.15) is 18.3 Å². The molecule has 2 N–H and O–H groups in total. The highest BCUT2D eigenvalue weighted by Gasteiger charge is 2.35. The Morgan fingerprint density at radius 2 is 2.03 bits per heavy atom. The third-order valence-electron chi connectivity index (χ3n) is 4.63. The molecule has 1 unspecified atom stereocenters. The quantitative estimate of drug-likeness (QED) is 0.291. The van der Waals surface area contributed by atoms with E-state index < -0.39 is 67.4 Å². The van der Waals surface area contributed by atoms with Crippen molar-refractivity contribution in [3.05, 3.63) is 75.1 Å². The largest absolute Gasteiger partial charge is 0.468 e. The van der Waals surface area contributed by atoms with Crippen LogP contribution in [0.25, 0.3) is 0 Å². The topological polar surface area (TPSA) is 138 Å². The van der Waals surface area contributed by atoms with Gasteiger partial charge in [-0.25, -0.2) is 9.36 Å². The Kier molecular flexibility index (Phi) is 8.00. The summed E-state index contributed by atoms with van der Waals surface area (Å²) < 4.78 is 74.3. The van der Waals surface area contributed by atoms with Crippen molar-refractivity contribution in [3.63, 3.8) is 0 Å². The number of halogens is 3. The van der Waals surface area contributed by atoms with Gasteiger partial charge in [-0.05, 0) is 31.2 Å². The molecular formula is C20H21F3N3O8P. The number of hydrogen-bond donors (Lipinski definition) is 2. The summed E-state index contributed by atoms with van der Waals surface area (Å²) in [7, 11) is -3.35. The molecule has 3 rings (SSSR count). The molecule has 0 bridgehead atoms. The first-order valence-electron chi connectivity index (χ1n) is 10.0. The predicted molar refractivity (Wildman–Crippen MR) is 115 cm³/mol. The molecule has 190 valence electrons.